The predicted octanol–water partition coefficient (Wildman–Crippen LogP) is 1.14. The van der Waals surface area contributed by atoms with Crippen LogP contribution >= 0.6 is 0 Å². The first kappa shape index (κ1) is 12.5. The van der Waals surface area contributed by atoms with Crippen molar-refractivity contribution in [3.63, 3.8) is 0 Å². The third-order valence-corrected chi connectivity index (χ3v) is 4.17. The lowest BCUT2D eigenvalue weighted by Crippen LogP contribution is -2.30. The third-order valence-electron chi connectivity index (χ3n) is 2.71. The predicted molar refractivity (Wildman–Crippen MR) is 60.5 cm³/mol. The van der Waals surface area contributed by atoms with Crippen molar-refractivity contribution in [3.05, 3.63) is 30.1 Å². The lowest BCUT2D eigenvalue weighted by molar-refractivity contribution is 0.186. The molecule has 1 heterocycles. The SMILES string of the molecule is O=S(=O)(NCC1CCOC1)c1ccccc1F. The second-order valence-corrected chi connectivity index (χ2v) is 5.75. The smallest absolute Gasteiger partial charge is 0.243 e. The minimum absolute atomic E-state index is 0.177. The Hall–Kier alpha value is -0.980. The zero-order valence-electron chi connectivity index (χ0n) is 9.23. The van der Waals surface area contributed by atoms with Crippen LogP contribution in [-0.2, 0) is 14.8 Å². The topological polar surface area (TPSA) is 55.4 Å². The molecule has 6 heteroatoms. The van der Waals surface area contributed by atoms with Gasteiger partial charge in [0.2, 0.25) is 10.0 Å². The van der Waals surface area contributed by atoms with Crippen LogP contribution in [0.1, 0.15) is 6.42 Å². The zero-order chi connectivity index (χ0) is 12.3. The molecule has 1 aromatic rings. The lowest BCUT2D eigenvalue weighted by atomic mass is 10.1. The molecular weight excluding hydrogens is 245 g/mol. The molecule has 2 rings (SSSR count). The highest BCUT2D eigenvalue weighted by atomic mass is 32.2. The average molecular weight is 259 g/mol. The number of rotatable bonds is 4. The van der Waals surface area contributed by atoms with Crippen LogP contribution in [-0.4, -0.2) is 28.2 Å². The molecule has 0 bridgehead atoms. The average Bonchev–Trinajstić information content (AvgIpc) is 2.80. The molecule has 1 aliphatic heterocycles. The van der Waals surface area contributed by atoms with Crippen molar-refractivity contribution in [2.45, 2.75) is 11.3 Å². The van der Waals surface area contributed by atoms with Gasteiger partial charge < -0.3 is 4.74 Å². The van der Waals surface area contributed by atoms with E-state index in [1.54, 1.807) is 0 Å². The zero-order valence-corrected chi connectivity index (χ0v) is 10.0. The van der Waals surface area contributed by atoms with E-state index in [1.807, 2.05) is 0 Å². The van der Waals surface area contributed by atoms with E-state index in [2.05, 4.69) is 4.72 Å². The first-order valence-electron chi connectivity index (χ1n) is 5.41. The third kappa shape index (κ3) is 3.02. The Kier molecular flexibility index (Phi) is 3.76. The molecular formula is C11H14FNO3S. The van der Waals surface area contributed by atoms with Gasteiger partial charge in [0.25, 0.3) is 0 Å². The van der Waals surface area contributed by atoms with Crippen LogP contribution in [0.4, 0.5) is 4.39 Å². The molecule has 0 aliphatic carbocycles. The van der Waals surface area contributed by atoms with Gasteiger partial charge in [-0.3, -0.25) is 0 Å². The van der Waals surface area contributed by atoms with Crippen molar-refractivity contribution in [1.82, 2.24) is 4.72 Å². The first-order valence-corrected chi connectivity index (χ1v) is 6.90. The quantitative estimate of drug-likeness (QED) is 0.882. The second-order valence-electron chi connectivity index (χ2n) is 4.01. The molecule has 0 spiro atoms. The molecule has 1 aromatic carbocycles. The molecule has 0 saturated carbocycles. The molecule has 0 amide bonds. The van der Waals surface area contributed by atoms with Gasteiger partial charge in [-0.15, -0.1) is 0 Å². The maximum atomic E-state index is 13.3. The van der Waals surface area contributed by atoms with E-state index in [4.69, 9.17) is 4.74 Å². The van der Waals surface area contributed by atoms with Crippen LogP contribution in [0.2, 0.25) is 0 Å². The summed E-state index contributed by atoms with van der Waals surface area (Å²) in [5.41, 5.74) is 0. The molecule has 0 aromatic heterocycles. The van der Waals surface area contributed by atoms with Gasteiger partial charge >= 0.3 is 0 Å². The van der Waals surface area contributed by atoms with Crippen molar-refractivity contribution in [1.29, 1.82) is 0 Å². The van der Waals surface area contributed by atoms with E-state index in [0.717, 1.165) is 12.5 Å². The highest BCUT2D eigenvalue weighted by Crippen LogP contribution is 2.15. The van der Waals surface area contributed by atoms with Crippen molar-refractivity contribution in [2.24, 2.45) is 5.92 Å². The normalized spacial score (nSPS) is 20.6. The standard InChI is InChI=1S/C11H14FNO3S/c12-10-3-1-2-4-11(10)17(14,15)13-7-9-5-6-16-8-9/h1-4,9,13H,5-8H2. The van der Waals surface area contributed by atoms with E-state index >= 15 is 0 Å². The summed E-state index contributed by atoms with van der Waals surface area (Å²) in [6.07, 6.45) is 0.833. The molecule has 1 aliphatic rings. The Morgan fingerprint density at radius 3 is 2.82 bits per heavy atom. The summed E-state index contributed by atoms with van der Waals surface area (Å²) in [6.45, 7) is 1.50. The fourth-order valence-corrected chi connectivity index (χ4v) is 2.91. The van der Waals surface area contributed by atoms with Gasteiger partial charge in [-0.25, -0.2) is 17.5 Å². The maximum Gasteiger partial charge on any atom is 0.243 e. The fraction of sp³-hybridized carbons (Fsp3) is 0.455. The van der Waals surface area contributed by atoms with Crippen LogP contribution in [0.25, 0.3) is 0 Å². The van der Waals surface area contributed by atoms with E-state index in [9.17, 15) is 12.8 Å². The number of halogens is 1. The van der Waals surface area contributed by atoms with Crippen LogP contribution in [0.15, 0.2) is 29.2 Å². The second kappa shape index (κ2) is 5.12. The summed E-state index contributed by atoms with van der Waals surface area (Å²) in [7, 11) is -3.76. The van der Waals surface area contributed by atoms with E-state index in [-0.39, 0.29) is 17.4 Å². The summed E-state index contributed by atoms with van der Waals surface area (Å²) in [5.74, 6) is -0.556. The summed E-state index contributed by atoms with van der Waals surface area (Å²) >= 11 is 0. The Morgan fingerprint density at radius 2 is 2.18 bits per heavy atom. The number of ether oxygens (including phenoxy) is 1. The van der Waals surface area contributed by atoms with Crippen molar-refractivity contribution in [3.8, 4) is 0 Å². The summed E-state index contributed by atoms with van der Waals surface area (Å²) in [6, 6.07) is 5.34. The summed E-state index contributed by atoms with van der Waals surface area (Å²) in [4.78, 5) is -0.307. The Morgan fingerprint density at radius 1 is 1.41 bits per heavy atom. The first-order chi connectivity index (χ1) is 8.09. The fourth-order valence-electron chi connectivity index (χ4n) is 1.71. The van der Waals surface area contributed by atoms with E-state index in [0.29, 0.717) is 13.2 Å². The molecule has 1 N–H and O–H groups in total. The highest BCUT2D eigenvalue weighted by Gasteiger charge is 2.22. The van der Waals surface area contributed by atoms with Crippen LogP contribution < -0.4 is 4.72 Å². The van der Waals surface area contributed by atoms with Crippen molar-refractivity contribution in [2.75, 3.05) is 19.8 Å². The van der Waals surface area contributed by atoms with E-state index < -0.39 is 15.8 Å². The number of nitrogens with one attached hydrogen (secondary N) is 1. The molecule has 1 unspecified atom stereocenters. The van der Waals surface area contributed by atoms with E-state index in [1.165, 1.54) is 18.2 Å². The van der Waals surface area contributed by atoms with Gasteiger partial charge in [-0.1, -0.05) is 12.1 Å². The number of sulfonamides is 1. The van der Waals surface area contributed by atoms with Gasteiger partial charge in [-0.05, 0) is 24.5 Å². The summed E-state index contributed by atoms with van der Waals surface area (Å²) in [5, 5.41) is 0. The van der Waals surface area contributed by atoms with Crippen LogP contribution in [0, 0.1) is 11.7 Å². The lowest BCUT2D eigenvalue weighted by Gasteiger charge is -2.10. The Balaban J connectivity index is 2.06. The minimum atomic E-state index is -3.76. The number of hydrogen-bond acceptors (Lipinski definition) is 3. The Labute approximate surface area is 99.8 Å². The summed E-state index contributed by atoms with van der Waals surface area (Å²) < 4.78 is 44.5. The monoisotopic (exact) mass is 259 g/mol. The molecule has 4 nitrogen and oxygen atoms in total. The molecule has 17 heavy (non-hydrogen) atoms. The van der Waals surface area contributed by atoms with Crippen molar-refractivity contribution >= 4 is 10.0 Å². The van der Waals surface area contributed by atoms with Gasteiger partial charge in [0, 0.05) is 13.2 Å². The molecule has 1 saturated heterocycles. The van der Waals surface area contributed by atoms with Gasteiger partial charge in [0.15, 0.2) is 0 Å². The molecule has 1 fully saturated rings. The number of benzene rings is 1. The highest BCUT2D eigenvalue weighted by molar-refractivity contribution is 7.89. The van der Waals surface area contributed by atoms with Gasteiger partial charge in [-0.2, -0.15) is 0 Å². The Bertz CT molecular complexity index is 483. The maximum absolute atomic E-state index is 13.3. The van der Waals surface area contributed by atoms with Crippen LogP contribution in [0.3, 0.4) is 0 Å². The van der Waals surface area contributed by atoms with Gasteiger partial charge in [0.05, 0.1) is 6.61 Å². The molecule has 94 valence electrons. The van der Waals surface area contributed by atoms with Crippen LogP contribution in [0.5, 0.6) is 0 Å². The van der Waals surface area contributed by atoms with Gasteiger partial charge in [0.1, 0.15) is 10.7 Å². The molecule has 1 atom stereocenters. The number of hydrogen-bond donors (Lipinski definition) is 1. The minimum Gasteiger partial charge on any atom is -0.381 e. The molecule has 0 radical (unpaired) electrons. The largest absolute Gasteiger partial charge is 0.381 e. The van der Waals surface area contributed by atoms with Crippen molar-refractivity contribution < 1.29 is 17.5 Å².